The molecule has 1 heterocycles. The van der Waals surface area contributed by atoms with Crippen LogP contribution in [0.3, 0.4) is 0 Å². The van der Waals surface area contributed by atoms with Crippen LogP contribution in [0.4, 0.5) is 10.1 Å². The van der Waals surface area contributed by atoms with Crippen molar-refractivity contribution in [3.63, 3.8) is 0 Å². The highest BCUT2D eigenvalue weighted by Crippen LogP contribution is 2.27. The van der Waals surface area contributed by atoms with Gasteiger partial charge in [0, 0.05) is 38.0 Å². The van der Waals surface area contributed by atoms with E-state index in [1.807, 2.05) is 36.7 Å². The highest BCUT2D eigenvalue weighted by molar-refractivity contribution is 5.93. The van der Waals surface area contributed by atoms with Gasteiger partial charge in [-0.1, -0.05) is 0 Å². The molecule has 9 heteroatoms. The molecule has 1 aromatic heterocycles. The molecule has 2 aromatic carbocycles. The summed E-state index contributed by atoms with van der Waals surface area (Å²) in [6, 6.07) is 10.3. The van der Waals surface area contributed by atoms with Crippen molar-refractivity contribution < 1.29 is 13.9 Å². The second-order valence-corrected chi connectivity index (χ2v) is 6.37. The number of rotatable bonds is 7. The maximum Gasteiger partial charge on any atom is 0.238 e. The van der Waals surface area contributed by atoms with Crippen molar-refractivity contribution >= 4 is 47.4 Å². The van der Waals surface area contributed by atoms with Crippen LogP contribution >= 0.6 is 24.8 Å². The normalized spacial score (nSPS) is 10.3. The zero-order valence-electron chi connectivity index (χ0n) is 16.5. The molecule has 0 aliphatic heterocycles. The third-order valence-electron chi connectivity index (χ3n) is 4.37. The summed E-state index contributed by atoms with van der Waals surface area (Å²) in [5.74, 6) is 0.332. The Morgan fingerprint density at radius 2 is 1.97 bits per heavy atom. The van der Waals surface area contributed by atoms with E-state index < -0.39 is 0 Å². The molecule has 0 spiro atoms. The van der Waals surface area contributed by atoms with Crippen molar-refractivity contribution in [3.05, 3.63) is 47.8 Å². The van der Waals surface area contributed by atoms with Gasteiger partial charge < -0.3 is 19.9 Å². The number of carbonyl (C=O) groups is 1. The van der Waals surface area contributed by atoms with E-state index in [9.17, 15) is 9.18 Å². The van der Waals surface area contributed by atoms with Gasteiger partial charge in [-0.05, 0) is 42.8 Å². The van der Waals surface area contributed by atoms with Gasteiger partial charge in [0.05, 0.1) is 24.2 Å². The average molecular weight is 443 g/mol. The van der Waals surface area contributed by atoms with Gasteiger partial charge in [-0.25, -0.2) is 9.37 Å². The second kappa shape index (κ2) is 11.1. The van der Waals surface area contributed by atoms with Crippen LogP contribution in [-0.2, 0) is 16.6 Å². The monoisotopic (exact) mass is 442 g/mol. The van der Waals surface area contributed by atoms with Gasteiger partial charge in [-0.15, -0.1) is 24.8 Å². The molecule has 0 atom stereocenters. The second-order valence-electron chi connectivity index (χ2n) is 6.37. The minimum absolute atomic E-state index is 0. The fourth-order valence-electron chi connectivity index (χ4n) is 2.94. The van der Waals surface area contributed by atoms with Crippen LogP contribution in [-0.4, -0.2) is 42.3 Å². The molecule has 0 unspecified atom stereocenters. The van der Waals surface area contributed by atoms with Crippen molar-refractivity contribution in [1.29, 1.82) is 0 Å². The topological polar surface area (TPSA) is 68.2 Å². The van der Waals surface area contributed by atoms with E-state index in [0.717, 1.165) is 28.2 Å². The maximum atomic E-state index is 13.4. The van der Waals surface area contributed by atoms with Crippen molar-refractivity contribution in [2.24, 2.45) is 7.05 Å². The van der Waals surface area contributed by atoms with Crippen molar-refractivity contribution in [3.8, 4) is 11.4 Å². The molecule has 3 rings (SSSR count). The van der Waals surface area contributed by atoms with Crippen molar-refractivity contribution in [1.82, 2.24) is 14.9 Å². The van der Waals surface area contributed by atoms with Gasteiger partial charge in [0.15, 0.2) is 0 Å². The highest BCUT2D eigenvalue weighted by Gasteiger charge is 2.12. The van der Waals surface area contributed by atoms with Crippen LogP contribution in [0.5, 0.6) is 0 Å². The number of hydrogen-bond donors (Lipinski definition) is 2. The summed E-state index contributed by atoms with van der Waals surface area (Å²) in [5, 5.41) is 5.90. The molecule has 1 amide bonds. The summed E-state index contributed by atoms with van der Waals surface area (Å²) in [7, 11) is 3.52. The quantitative estimate of drug-likeness (QED) is 0.547. The minimum Gasteiger partial charge on any atom is -0.383 e. The molecule has 0 fully saturated rings. The number of ether oxygens (including phenoxy) is 1. The molecular weight excluding hydrogens is 418 g/mol. The number of methoxy groups -OCH3 is 1. The van der Waals surface area contributed by atoms with E-state index >= 15 is 0 Å². The number of anilines is 1. The Bertz CT molecular complexity index is 979. The van der Waals surface area contributed by atoms with Gasteiger partial charge in [0.2, 0.25) is 5.91 Å². The molecule has 0 radical (unpaired) electrons. The van der Waals surface area contributed by atoms with E-state index in [1.54, 1.807) is 13.2 Å². The van der Waals surface area contributed by atoms with E-state index in [0.29, 0.717) is 18.7 Å². The Morgan fingerprint density at radius 1 is 1.21 bits per heavy atom. The molecule has 0 saturated carbocycles. The van der Waals surface area contributed by atoms with Gasteiger partial charge in [-0.3, -0.25) is 4.79 Å². The number of aryl methyl sites for hydroxylation is 2. The first-order valence-electron chi connectivity index (χ1n) is 8.72. The van der Waals surface area contributed by atoms with Crippen LogP contribution < -0.4 is 10.6 Å². The number of hydrogen-bond acceptors (Lipinski definition) is 4. The minimum atomic E-state index is -0.305. The van der Waals surface area contributed by atoms with Gasteiger partial charge in [0.1, 0.15) is 11.6 Å². The fraction of sp³-hybridized carbons (Fsp3) is 0.300. The largest absolute Gasteiger partial charge is 0.383 e. The molecule has 2 N–H and O–H groups in total. The Hall–Kier alpha value is -2.19. The summed E-state index contributed by atoms with van der Waals surface area (Å²) < 4.78 is 20.3. The number of benzene rings is 2. The number of halogens is 3. The first kappa shape index (κ1) is 24.8. The van der Waals surface area contributed by atoms with Crippen LogP contribution in [0.25, 0.3) is 22.4 Å². The van der Waals surface area contributed by atoms with Crippen molar-refractivity contribution in [2.75, 3.05) is 32.1 Å². The summed E-state index contributed by atoms with van der Waals surface area (Å²) in [5.41, 5.74) is 4.06. The number of aromatic nitrogens is 2. The summed E-state index contributed by atoms with van der Waals surface area (Å²) in [4.78, 5) is 16.6. The molecule has 3 aromatic rings. The smallest absolute Gasteiger partial charge is 0.238 e. The van der Waals surface area contributed by atoms with Crippen LogP contribution in [0, 0.1) is 12.7 Å². The number of nitrogens with one attached hydrogen (secondary N) is 2. The molecule has 0 bridgehead atoms. The van der Waals surface area contributed by atoms with E-state index in [1.165, 1.54) is 12.1 Å². The third-order valence-corrected chi connectivity index (χ3v) is 4.37. The Kier molecular flexibility index (Phi) is 9.52. The molecule has 0 aliphatic rings. The standard InChI is InChI=1S/C20H23FN4O2.2ClH/c1-13-10-14(4-6-16(13)23-19(26)12-22-8-9-27-3)20-24-17-11-15(21)5-7-18(17)25(20)2;;/h4-7,10-11,22H,8-9,12H2,1-3H3,(H,23,26);2*1H. The Morgan fingerprint density at radius 3 is 2.66 bits per heavy atom. The van der Waals surface area contributed by atoms with Crippen molar-refractivity contribution in [2.45, 2.75) is 6.92 Å². The molecule has 6 nitrogen and oxygen atoms in total. The number of imidazole rings is 1. The van der Waals surface area contributed by atoms with E-state index in [2.05, 4.69) is 15.6 Å². The van der Waals surface area contributed by atoms with E-state index in [-0.39, 0.29) is 43.1 Å². The zero-order valence-corrected chi connectivity index (χ0v) is 18.1. The fourth-order valence-corrected chi connectivity index (χ4v) is 2.94. The number of fused-ring (bicyclic) bond motifs is 1. The highest BCUT2D eigenvalue weighted by atomic mass is 35.5. The lowest BCUT2D eigenvalue weighted by molar-refractivity contribution is -0.115. The first-order chi connectivity index (χ1) is 13.0. The predicted octanol–water partition coefficient (Wildman–Crippen LogP) is 3.71. The molecule has 0 aliphatic carbocycles. The Balaban J connectivity index is 0.00000210. The maximum absolute atomic E-state index is 13.4. The molecular formula is C20H25Cl2FN4O2. The average Bonchev–Trinajstić information content (AvgIpc) is 2.96. The molecule has 158 valence electrons. The van der Waals surface area contributed by atoms with Gasteiger partial charge in [-0.2, -0.15) is 0 Å². The van der Waals surface area contributed by atoms with E-state index in [4.69, 9.17) is 4.74 Å². The predicted molar refractivity (Wildman–Crippen MR) is 119 cm³/mol. The summed E-state index contributed by atoms with van der Waals surface area (Å²) in [6.07, 6.45) is 0. The lowest BCUT2D eigenvalue weighted by Crippen LogP contribution is -2.30. The zero-order chi connectivity index (χ0) is 19.4. The lowest BCUT2D eigenvalue weighted by atomic mass is 10.1. The van der Waals surface area contributed by atoms with Gasteiger partial charge in [0.25, 0.3) is 0 Å². The Labute approximate surface area is 181 Å². The summed E-state index contributed by atoms with van der Waals surface area (Å²) in [6.45, 7) is 3.33. The van der Waals surface area contributed by atoms with Crippen LogP contribution in [0.1, 0.15) is 5.56 Å². The SMILES string of the molecule is COCCNCC(=O)Nc1ccc(-c2nc3cc(F)ccc3n2C)cc1C.Cl.Cl. The first-order valence-corrected chi connectivity index (χ1v) is 8.72. The van der Waals surface area contributed by atoms with Crippen LogP contribution in [0.15, 0.2) is 36.4 Å². The molecule has 0 saturated heterocycles. The number of carbonyl (C=O) groups excluding carboxylic acids is 1. The van der Waals surface area contributed by atoms with Crippen LogP contribution in [0.2, 0.25) is 0 Å². The summed E-state index contributed by atoms with van der Waals surface area (Å²) >= 11 is 0. The number of nitrogens with zero attached hydrogens (tertiary/aromatic N) is 2. The third kappa shape index (κ3) is 5.90. The number of amides is 1. The lowest BCUT2D eigenvalue weighted by Gasteiger charge is -2.11. The molecule has 29 heavy (non-hydrogen) atoms. The van der Waals surface area contributed by atoms with Gasteiger partial charge >= 0.3 is 0 Å².